The number of amides is 1. The number of hydrogen-bond donors (Lipinski definition) is 1. The third kappa shape index (κ3) is 2.75. The van der Waals surface area contributed by atoms with Gasteiger partial charge in [0.2, 0.25) is 5.91 Å². The number of benzene rings is 1. The van der Waals surface area contributed by atoms with Crippen LogP contribution in [0.2, 0.25) is 0 Å². The largest absolute Gasteiger partial charge is 0.481 e. The normalized spacial score (nSPS) is 22.3. The van der Waals surface area contributed by atoms with Crippen molar-refractivity contribution >= 4 is 17.6 Å². The summed E-state index contributed by atoms with van der Waals surface area (Å²) in [6.07, 6.45) is 0. The molecule has 0 bridgehead atoms. The van der Waals surface area contributed by atoms with Crippen LogP contribution in [0.25, 0.3) is 0 Å². The Bertz CT molecular complexity index is 603. The Labute approximate surface area is 126 Å². The van der Waals surface area contributed by atoms with E-state index in [4.69, 9.17) is 5.11 Å². The molecule has 22 heavy (non-hydrogen) atoms. The molecule has 0 aromatic heterocycles. The highest BCUT2D eigenvalue weighted by molar-refractivity contribution is 6.01. The Hall–Kier alpha value is -2.18. The van der Waals surface area contributed by atoms with Gasteiger partial charge in [-0.2, -0.15) is 8.78 Å². The summed E-state index contributed by atoms with van der Waals surface area (Å²) in [7, 11) is 1.42. The highest BCUT2D eigenvalue weighted by atomic mass is 19.3. The molecule has 1 N–H and O–H groups in total. The average Bonchev–Trinajstić information content (AvgIpc) is 3.00. The number of carboxylic acids is 1. The Morgan fingerprint density at radius 3 is 2.36 bits per heavy atom. The van der Waals surface area contributed by atoms with Gasteiger partial charge in [0.05, 0.1) is 17.5 Å². The lowest BCUT2D eigenvalue weighted by molar-refractivity contribution is -0.140. The van der Waals surface area contributed by atoms with E-state index >= 15 is 0 Å². The lowest BCUT2D eigenvalue weighted by Gasteiger charge is -2.21. The number of halogens is 2. The molecular formula is C15H17F2NO4. The van der Waals surface area contributed by atoms with E-state index in [1.54, 1.807) is 19.9 Å². The van der Waals surface area contributed by atoms with Gasteiger partial charge < -0.3 is 14.7 Å². The fourth-order valence-electron chi connectivity index (χ4n) is 2.82. The molecule has 0 unspecified atom stereocenters. The van der Waals surface area contributed by atoms with Gasteiger partial charge >= 0.3 is 12.6 Å². The molecule has 1 saturated carbocycles. The summed E-state index contributed by atoms with van der Waals surface area (Å²) in [5.41, 5.74) is -0.477. The second kappa shape index (κ2) is 5.55. The molecule has 1 aromatic rings. The summed E-state index contributed by atoms with van der Waals surface area (Å²) in [5.74, 6) is -3.05. The van der Waals surface area contributed by atoms with E-state index in [9.17, 15) is 18.4 Å². The summed E-state index contributed by atoms with van der Waals surface area (Å²) in [6.45, 7) is 0.391. The molecule has 2 atom stereocenters. The third-order valence-corrected chi connectivity index (χ3v) is 4.13. The Morgan fingerprint density at radius 1 is 1.27 bits per heavy atom. The number of alkyl halides is 2. The molecule has 1 amide bonds. The van der Waals surface area contributed by atoms with Crippen LogP contribution >= 0.6 is 0 Å². The number of hydrogen-bond acceptors (Lipinski definition) is 3. The first kappa shape index (κ1) is 16.2. The second-order valence-electron chi connectivity index (χ2n) is 5.86. The van der Waals surface area contributed by atoms with Gasteiger partial charge in [-0.3, -0.25) is 9.59 Å². The standard InChI is InChI=1S/C15H17F2NO4/c1-15(2)10(11(15)13(20)21)12(19)18(3)8-6-4-5-7-9(8)22-14(16)17/h4-7,10-11,14H,1-3H3,(H,20,21)/t10-,11+/m0/s1. The maximum absolute atomic E-state index is 12.5. The van der Waals surface area contributed by atoms with E-state index < -0.39 is 35.7 Å². The van der Waals surface area contributed by atoms with Gasteiger partial charge in [-0.05, 0) is 17.5 Å². The summed E-state index contributed by atoms with van der Waals surface area (Å²) in [6, 6.07) is 5.91. The van der Waals surface area contributed by atoms with Crippen molar-refractivity contribution in [2.75, 3.05) is 11.9 Å². The smallest absolute Gasteiger partial charge is 0.387 e. The van der Waals surface area contributed by atoms with Crippen molar-refractivity contribution in [3.63, 3.8) is 0 Å². The molecule has 120 valence electrons. The zero-order chi connectivity index (χ0) is 16.7. The van der Waals surface area contributed by atoms with Crippen LogP contribution in [0.3, 0.4) is 0 Å². The highest BCUT2D eigenvalue weighted by Gasteiger charge is 2.66. The monoisotopic (exact) mass is 313 g/mol. The number of aliphatic carboxylic acids is 1. The van der Waals surface area contributed by atoms with Crippen LogP contribution in [0.15, 0.2) is 24.3 Å². The molecule has 0 spiro atoms. The van der Waals surface area contributed by atoms with E-state index in [2.05, 4.69) is 4.74 Å². The number of nitrogens with zero attached hydrogens (tertiary/aromatic N) is 1. The number of carbonyl (C=O) groups excluding carboxylic acids is 1. The van der Waals surface area contributed by atoms with E-state index in [-0.39, 0.29) is 11.4 Å². The molecule has 1 aromatic carbocycles. The first-order valence-electron chi connectivity index (χ1n) is 6.72. The van der Waals surface area contributed by atoms with Crippen LogP contribution in [0, 0.1) is 17.3 Å². The average molecular weight is 313 g/mol. The SMILES string of the molecule is CN(C(=O)[C@@H]1[C@H](C(=O)O)C1(C)C)c1ccccc1OC(F)F. The number of carboxylic acid groups (broad SMARTS) is 1. The number of anilines is 1. The van der Waals surface area contributed by atoms with Crippen molar-refractivity contribution in [2.24, 2.45) is 17.3 Å². The molecule has 0 radical (unpaired) electrons. The highest BCUT2D eigenvalue weighted by Crippen LogP contribution is 2.59. The van der Waals surface area contributed by atoms with Gasteiger partial charge in [-0.15, -0.1) is 0 Å². The van der Waals surface area contributed by atoms with Gasteiger partial charge in [0.1, 0.15) is 5.75 Å². The zero-order valence-electron chi connectivity index (χ0n) is 12.4. The summed E-state index contributed by atoms with van der Waals surface area (Å²) in [5, 5.41) is 9.14. The van der Waals surface area contributed by atoms with Gasteiger partial charge in [0.25, 0.3) is 0 Å². The topological polar surface area (TPSA) is 66.8 Å². The van der Waals surface area contributed by atoms with Gasteiger partial charge in [0.15, 0.2) is 0 Å². The number of para-hydroxylation sites is 2. The van der Waals surface area contributed by atoms with Crippen LogP contribution < -0.4 is 9.64 Å². The molecule has 1 fully saturated rings. The fraction of sp³-hybridized carbons (Fsp3) is 0.467. The van der Waals surface area contributed by atoms with Crippen LogP contribution in [-0.4, -0.2) is 30.6 Å². The minimum absolute atomic E-state index is 0.126. The van der Waals surface area contributed by atoms with Crippen LogP contribution in [0.5, 0.6) is 5.75 Å². The molecule has 5 nitrogen and oxygen atoms in total. The van der Waals surface area contributed by atoms with Crippen LogP contribution in [0.4, 0.5) is 14.5 Å². The minimum atomic E-state index is -3.01. The number of ether oxygens (including phenoxy) is 1. The maximum Gasteiger partial charge on any atom is 0.387 e. The molecule has 7 heteroatoms. The third-order valence-electron chi connectivity index (χ3n) is 4.13. The van der Waals surface area contributed by atoms with Crippen molar-refractivity contribution in [3.8, 4) is 5.75 Å². The Kier molecular flexibility index (Phi) is 4.08. The molecule has 1 aliphatic rings. The van der Waals surface area contributed by atoms with Crippen molar-refractivity contribution in [1.82, 2.24) is 0 Å². The number of carbonyl (C=O) groups is 2. The molecule has 2 rings (SSSR count). The first-order valence-corrected chi connectivity index (χ1v) is 6.72. The predicted octanol–water partition coefficient (Wildman–Crippen LogP) is 2.61. The second-order valence-corrected chi connectivity index (χ2v) is 5.86. The van der Waals surface area contributed by atoms with Crippen molar-refractivity contribution < 1.29 is 28.2 Å². The van der Waals surface area contributed by atoms with Crippen molar-refractivity contribution in [3.05, 3.63) is 24.3 Å². The zero-order valence-corrected chi connectivity index (χ0v) is 12.4. The lowest BCUT2D eigenvalue weighted by atomic mass is 10.1. The maximum atomic E-state index is 12.5. The quantitative estimate of drug-likeness (QED) is 0.907. The molecular weight excluding hydrogens is 296 g/mol. The Balaban J connectivity index is 2.24. The van der Waals surface area contributed by atoms with E-state index in [1.165, 1.54) is 30.1 Å². The van der Waals surface area contributed by atoms with Gasteiger partial charge in [-0.1, -0.05) is 26.0 Å². The first-order chi connectivity index (χ1) is 10.2. The molecule has 0 aliphatic heterocycles. The number of rotatable bonds is 5. The molecule has 0 heterocycles. The fourth-order valence-corrected chi connectivity index (χ4v) is 2.82. The van der Waals surface area contributed by atoms with Gasteiger partial charge in [-0.25, -0.2) is 0 Å². The van der Waals surface area contributed by atoms with E-state index in [0.717, 1.165) is 0 Å². The van der Waals surface area contributed by atoms with Crippen LogP contribution in [0.1, 0.15) is 13.8 Å². The molecule has 1 aliphatic carbocycles. The van der Waals surface area contributed by atoms with E-state index in [0.29, 0.717) is 0 Å². The predicted molar refractivity (Wildman–Crippen MR) is 74.9 cm³/mol. The lowest BCUT2D eigenvalue weighted by Crippen LogP contribution is -2.30. The van der Waals surface area contributed by atoms with Crippen molar-refractivity contribution in [1.29, 1.82) is 0 Å². The summed E-state index contributed by atoms with van der Waals surface area (Å²) < 4.78 is 29.2. The van der Waals surface area contributed by atoms with E-state index in [1.807, 2.05) is 0 Å². The Morgan fingerprint density at radius 2 is 1.86 bits per heavy atom. The van der Waals surface area contributed by atoms with Crippen LogP contribution in [-0.2, 0) is 9.59 Å². The summed E-state index contributed by atoms with van der Waals surface area (Å²) >= 11 is 0. The van der Waals surface area contributed by atoms with Crippen molar-refractivity contribution in [2.45, 2.75) is 20.5 Å². The minimum Gasteiger partial charge on any atom is -0.481 e. The summed E-state index contributed by atoms with van der Waals surface area (Å²) in [4.78, 5) is 24.8. The molecule has 0 saturated heterocycles. The van der Waals surface area contributed by atoms with Gasteiger partial charge in [0, 0.05) is 7.05 Å².